The molecule has 0 radical (unpaired) electrons. The molecule has 7 nitrogen and oxygen atoms in total. The van der Waals surface area contributed by atoms with Gasteiger partial charge in [-0.3, -0.25) is 14.9 Å². The molecule has 0 spiro atoms. The van der Waals surface area contributed by atoms with Gasteiger partial charge in [0.25, 0.3) is 5.91 Å². The van der Waals surface area contributed by atoms with Crippen molar-refractivity contribution in [1.82, 2.24) is 0 Å². The molecule has 0 aromatic heterocycles. The first-order valence-electron chi connectivity index (χ1n) is 7.54. The Labute approximate surface area is 151 Å². The lowest BCUT2D eigenvalue weighted by molar-refractivity contribution is -0.385. The lowest BCUT2D eigenvalue weighted by Gasteiger charge is -2.15. The number of benzene rings is 2. The fourth-order valence-electron chi connectivity index (χ4n) is 2.18. The normalized spacial score (nSPS) is 11.0. The number of amides is 1. The maximum Gasteiger partial charge on any atom is 0.422 e. The Morgan fingerprint density at radius 2 is 1.89 bits per heavy atom. The van der Waals surface area contributed by atoms with E-state index in [1.54, 1.807) is 13.0 Å². The van der Waals surface area contributed by atoms with Crippen LogP contribution in [-0.4, -0.2) is 30.7 Å². The average molecular weight is 384 g/mol. The summed E-state index contributed by atoms with van der Waals surface area (Å²) in [6.07, 6.45) is -4.54. The summed E-state index contributed by atoms with van der Waals surface area (Å²) in [5.74, 6) is -0.939. The zero-order valence-corrected chi connectivity index (χ0v) is 14.3. The summed E-state index contributed by atoms with van der Waals surface area (Å²) in [6, 6.07) is 7.87. The molecule has 2 aromatic carbocycles. The summed E-state index contributed by atoms with van der Waals surface area (Å²) in [7, 11) is 1.25. The van der Waals surface area contributed by atoms with Gasteiger partial charge in [0.15, 0.2) is 12.4 Å². The molecule has 144 valence electrons. The minimum atomic E-state index is -4.54. The number of rotatable bonds is 6. The smallest absolute Gasteiger partial charge is 0.422 e. The standard InChI is InChI=1S/C17H15F3N2O5/c1-10-3-5-12(15(7-10)27-9-17(18,19)20)21-16(23)11-4-6-14(26-2)13(8-11)22(24)25/h3-8H,9H2,1-2H3,(H,21,23). The van der Waals surface area contributed by atoms with E-state index in [1.165, 1.54) is 31.4 Å². The number of alkyl halides is 3. The summed E-state index contributed by atoms with van der Waals surface area (Å²) in [5.41, 5.74) is 0.158. The van der Waals surface area contributed by atoms with Crippen molar-refractivity contribution < 1.29 is 32.4 Å². The van der Waals surface area contributed by atoms with Crippen molar-refractivity contribution >= 4 is 17.3 Å². The van der Waals surface area contributed by atoms with Crippen molar-refractivity contribution in [3.05, 3.63) is 57.6 Å². The number of hydrogen-bond donors (Lipinski definition) is 1. The van der Waals surface area contributed by atoms with E-state index in [4.69, 9.17) is 9.47 Å². The van der Waals surface area contributed by atoms with Crippen molar-refractivity contribution in [3.63, 3.8) is 0 Å². The second-order valence-electron chi connectivity index (χ2n) is 5.50. The molecule has 2 aromatic rings. The van der Waals surface area contributed by atoms with Gasteiger partial charge in [0, 0.05) is 11.6 Å². The summed E-state index contributed by atoms with van der Waals surface area (Å²) < 4.78 is 46.8. The number of nitrogens with one attached hydrogen (secondary N) is 1. The van der Waals surface area contributed by atoms with E-state index in [1.807, 2.05) is 0 Å². The van der Waals surface area contributed by atoms with Crippen LogP contribution in [0.4, 0.5) is 24.5 Å². The van der Waals surface area contributed by atoms with E-state index in [0.29, 0.717) is 5.56 Å². The molecule has 1 N–H and O–H groups in total. The zero-order chi connectivity index (χ0) is 20.2. The molecule has 27 heavy (non-hydrogen) atoms. The maximum atomic E-state index is 12.4. The second kappa shape index (κ2) is 7.94. The Morgan fingerprint density at radius 3 is 2.48 bits per heavy atom. The minimum absolute atomic E-state index is 0.00770. The highest BCUT2D eigenvalue weighted by atomic mass is 19.4. The van der Waals surface area contributed by atoms with E-state index in [2.05, 4.69) is 5.32 Å². The van der Waals surface area contributed by atoms with Crippen LogP contribution >= 0.6 is 0 Å². The summed E-state index contributed by atoms with van der Waals surface area (Å²) in [4.78, 5) is 22.7. The second-order valence-corrected chi connectivity index (χ2v) is 5.50. The molecule has 0 bridgehead atoms. The average Bonchev–Trinajstić information content (AvgIpc) is 2.60. The highest BCUT2D eigenvalue weighted by Crippen LogP contribution is 2.30. The molecule has 0 aliphatic carbocycles. The Kier molecular flexibility index (Phi) is 5.88. The molecule has 0 aliphatic rings. The molecule has 2 rings (SSSR count). The lowest BCUT2D eigenvalue weighted by Crippen LogP contribution is -2.20. The van der Waals surface area contributed by atoms with Crippen LogP contribution in [0.5, 0.6) is 11.5 Å². The quantitative estimate of drug-likeness (QED) is 0.598. The largest absolute Gasteiger partial charge is 0.490 e. The van der Waals surface area contributed by atoms with Crippen molar-refractivity contribution in [2.75, 3.05) is 19.0 Å². The molecule has 10 heteroatoms. The van der Waals surface area contributed by atoms with Gasteiger partial charge in [-0.2, -0.15) is 13.2 Å². The van der Waals surface area contributed by atoms with Gasteiger partial charge >= 0.3 is 11.9 Å². The Bertz CT molecular complexity index is 868. The van der Waals surface area contributed by atoms with Gasteiger partial charge < -0.3 is 14.8 Å². The van der Waals surface area contributed by atoms with Crippen molar-refractivity contribution in [3.8, 4) is 11.5 Å². The molecule has 0 heterocycles. The highest BCUT2D eigenvalue weighted by Gasteiger charge is 2.29. The van der Waals surface area contributed by atoms with Gasteiger partial charge in [-0.25, -0.2) is 0 Å². The number of carbonyl (C=O) groups is 1. The van der Waals surface area contributed by atoms with Crippen LogP contribution < -0.4 is 14.8 Å². The van der Waals surface area contributed by atoms with E-state index < -0.39 is 29.3 Å². The molecule has 0 saturated heterocycles. The Hall–Kier alpha value is -3.30. The topological polar surface area (TPSA) is 90.7 Å². The number of hydrogen-bond acceptors (Lipinski definition) is 5. The van der Waals surface area contributed by atoms with Gasteiger partial charge in [-0.1, -0.05) is 6.07 Å². The fraction of sp³-hybridized carbons (Fsp3) is 0.235. The fourth-order valence-corrected chi connectivity index (χ4v) is 2.18. The van der Waals surface area contributed by atoms with Gasteiger partial charge in [0.2, 0.25) is 0 Å². The molecule has 0 fully saturated rings. The molecular weight excluding hydrogens is 369 g/mol. The number of methoxy groups -OCH3 is 1. The maximum absolute atomic E-state index is 12.4. The molecule has 1 amide bonds. The molecule has 0 aliphatic heterocycles. The van der Waals surface area contributed by atoms with Crippen molar-refractivity contribution in [1.29, 1.82) is 0 Å². The number of nitrogens with zero attached hydrogens (tertiary/aromatic N) is 1. The van der Waals surface area contributed by atoms with Crippen LogP contribution in [0.3, 0.4) is 0 Å². The third-order valence-corrected chi connectivity index (χ3v) is 3.41. The number of ether oxygens (including phenoxy) is 2. The number of nitro groups is 1. The monoisotopic (exact) mass is 384 g/mol. The Morgan fingerprint density at radius 1 is 1.19 bits per heavy atom. The number of nitro benzene ring substituents is 1. The summed E-state index contributed by atoms with van der Waals surface area (Å²) in [6.45, 7) is 0.131. The van der Waals surface area contributed by atoms with E-state index in [-0.39, 0.29) is 22.7 Å². The van der Waals surface area contributed by atoms with Crippen LogP contribution in [-0.2, 0) is 0 Å². The van der Waals surface area contributed by atoms with Crippen LogP contribution in [0.15, 0.2) is 36.4 Å². The first kappa shape index (κ1) is 20.0. The van der Waals surface area contributed by atoms with Crippen LogP contribution in [0, 0.1) is 17.0 Å². The van der Waals surface area contributed by atoms with E-state index in [0.717, 1.165) is 6.07 Å². The van der Waals surface area contributed by atoms with E-state index >= 15 is 0 Å². The summed E-state index contributed by atoms with van der Waals surface area (Å²) >= 11 is 0. The van der Waals surface area contributed by atoms with Crippen molar-refractivity contribution in [2.24, 2.45) is 0 Å². The van der Waals surface area contributed by atoms with Crippen LogP contribution in [0.25, 0.3) is 0 Å². The highest BCUT2D eigenvalue weighted by molar-refractivity contribution is 6.05. The SMILES string of the molecule is COc1ccc(C(=O)Nc2ccc(C)cc2OCC(F)(F)F)cc1[N+](=O)[O-]. The molecular formula is C17H15F3N2O5. The van der Waals surface area contributed by atoms with E-state index in [9.17, 15) is 28.1 Å². The molecule has 0 unspecified atom stereocenters. The third-order valence-electron chi connectivity index (χ3n) is 3.41. The lowest BCUT2D eigenvalue weighted by atomic mass is 10.1. The van der Waals surface area contributed by atoms with Crippen molar-refractivity contribution in [2.45, 2.75) is 13.1 Å². The Balaban J connectivity index is 2.28. The summed E-state index contributed by atoms with van der Waals surface area (Å²) in [5, 5.41) is 13.5. The van der Waals surface area contributed by atoms with Crippen LogP contribution in [0.1, 0.15) is 15.9 Å². The third kappa shape index (κ3) is 5.33. The number of carbonyl (C=O) groups excluding carboxylic acids is 1. The van der Waals surface area contributed by atoms with Gasteiger partial charge in [0.1, 0.15) is 5.75 Å². The van der Waals surface area contributed by atoms with Crippen LogP contribution in [0.2, 0.25) is 0 Å². The minimum Gasteiger partial charge on any atom is -0.490 e. The van der Waals surface area contributed by atoms with Gasteiger partial charge in [0.05, 0.1) is 17.7 Å². The molecule has 0 atom stereocenters. The first-order valence-corrected chi connectivity index (χ1v) is 7.54. The number of anilines is 1. The zero-order valence-electron chi connectivity index (χ0n) is 14.3. The first-order chi connectivity index (χ1) is 12.6. The predicted octanol–water partition coefficient (Wildman–Crippen LogP) is 4.11. The van der Waals surface area contributed by atoms with Gasteiger partial charge in [-0.05, 0) is 36.8 Å². The van der Waals surface area contributed by atoms with Gasteiger partial charge in [-0.15, -0.1) is 0 Å². The predicted molar refractivity (Wildman–Crippen MR) is 90.3 cm³/mol. The number of halogens is 3. The molecule has 0 saturated carbocycles. The number of aryl methyl sites for hydroxylation is 1.